The molecule has 14 heavy (non-hydrogen) atoms. The summed E-state index contributed by atoms with van der Waals surface area (Å²) in [6.07, 6.45) is 0. The van der Waals surface area contributed by atoms with Crippen molar-refractivity contribution >= 4 is 34.3 Å². The van der Waals surface area contributed by atoms with E-state index in [1.165, 1.54) is 9.75 Å². The quantitative estimate of drug-likeness (QED) is 0.853. The molecule has 2 rings (SSSR count). The second-order valence-corrected chi connectivity index (χ2v) is 6.13. The van der Waals surface area contributed by atoms with Gasteiger partial charge in [0.15, 0.2) is 0 Å². The lowest BCUT2D eigenvalue weighted by Crippen LogP contribution is -2.07. The summed E-state index contributed by atoms with van der Waals surface area (Å²) >= 11 is 9.15. The fourth-order valence-electron chi connectivity index (χ4n) is 1.26. The summed E-state index contributed by atoms with van der Waals surface area (Å²) in [7, 11) is 0. The van der Waals surface area contributed by atoms with Gasteiger partial charge in [0, 0.05) is 14.6 Å². The molecule has 0 spiro atoms. The number of hydrogen-bond donors (Lipinski definition) is 1. The van der Waals surface area contributed by atoms with Gasteiger partial charge in [-0.25, -0.2) is 0 Å². The Kier molecular flexibility index (Phi) is 2.93. The second-order valence-electron chi connectivity index (χ2n) is 3.07. The zero-order valence-corrected chi connectivity index (χ0v) is 10.0. The molecule has 0 saturated heterocycles. The molecule has 1 unspecified atom stereocenters. The van der Waals surface area contributed by atoms with Crippen LogP contribution in [-0.2, 0) is 0 Å². The highest BCUT2D eigenvalue weighted by Gasteiger charge is 2.12. The molecule has 1 nitrogen and oxygen atoms in total. The zero-order chi connectivity index (χ0) is 10.1. The van der Waals surface area contributed by atoms with Gasteiger partial charge in [0.1, 0.15) is 0 Å². The first-order chi connectivity index (χ1) is 6.66. The monoisotopic (exact) mass is 243 g/mol. The maximum Gasteiger partial charge on any atom is 0.0931 e. The zero-order valence-electron chi connectivity index (χ0n) is 7.66. The van der Waals surface area contributed by atoms with Crippen LogP contribution >= 0.6 is 34.3 Å². The van der Waals surface area contributed by atoms with Crippen LogP contribution in [0.4, 0.5) is 0 Å². The summed E-state index contributed by atoms with van der Waals surface area (Å²) in [6, 6.07) is 8.04. The second kappa shape index (κ2) is 4.03. The Bertz CT molecular complexity index is 393. The van der Waals surface area contributed by atoms with Crippen molar-refractivity contribution in [1.82, 2.24) is 0 Å². The van der Waals surface area contributed by atoms with Crippen molar-refractivity contribution in [1.29, 1.82) is 0 Å². The van der Waals surface area contributed by atoms with Crippen molar-refractivity contribution in [2.24, 2.45) is 5.73 Å². The SMILES string of the molecule is Cc1ccc(C(N)c2ccc(Cl)s2)s1. The Hall–Kier alpha value is -0.350. The van der Waals surface area contributed by atoms with E-state index in [0.29, 0.717) is 0 Å². The topological polar surface area (TPSA) is 26.0 Å². The number of aryl methyl sites for hydroxylation is 1. The first-order valence-corrected chi connectivity index (χ1v) is 6.25. The van der Waals surface area contributed by atoms with Crippen LogP contribution in [-0.4, -0.2) is 0 Å². The molecule has 0 saturated carbocycles. The summed E-state index contributed by atoms with van der Waals surface area (Å²) in [4.78, 5) is 3.61. The molecule has 0 aliphatic carbocycles. The smallest absolute Gasteiger partial charge is 0.0931 e. The number of rotatable bonds is 2. The van der Waals surface area contributed by atoms with Gasteiger partial charge < -0.3 is 5.73 Å². The molecule has 0 aromatic carbocycles. The largest absolute Gasteiger partial charge is 0.319 e. The van der Waals surface area contributed by atoms with E-state index in [9.17, 15) is 0 Å². The van der Waals surface area contributed by atoms with Crippen LogP contribution in [0.5, 0.6) is 0 Å². The van der Waals surface area contributed by atoms with Gasteiger partial charge in [-0.05, 0) is 31.2 Å². The lowest BCUT2D eigenvalue weighted by Gasteiger charge is -2.05. The van der Waals surface area contributed by atoms with Gasteiger partial charge in [-0.3, -0.25) is 0 Å². The molecular formula is C10H10ClNS2. The minimum Gasteiger partial charge on any atom is -0.319 e. The van der Waals surface area contributed by atoms with E-state index in [-0.39, 0.29) is 6.04 Å². The fourth-order valence-corrected chi connectivity index (χ4v) is 3.31. The van der Waals surface area contributed by atoms with Gasteiger partial charge >= 0.3 is 0 Å². The lowest BCUT2D eigenvalue weighted by molar-refractivity contribution is 0.917. The summed E-state index contributed by atoms with van der Waals surface area (Å²) in [6.45, 7) is 2.09. The van der Waals surface area contributed by atoms with E-state index in [1.54, 1.807) is 22.7 Å². The third-order valence-corrected chi connectivity index (χ3v) is 4.37. The normalized spacial score (nSPS) is 13.1. The van der Waals surface area contributed by atoms with E-state index in [4.69, 9.17) is 17.3 Å². The highest BCUT2D eigenvalue weighted by Crippen LogP contribution is 2.32. The molecule has 2 heterocycles. The molecule has 0 aliphatic rings. The predicted octanol–water partition coefficient (Wildman–Crippen LogP) is 3.82. The number of thiophene rings is 2. The maximum atomic E-state index is 6.11. The van der Waals surface area contributed by atoms with Gasteiger partial charge in [-0.15, -0.1) is 22.7 Å². The molecule has 0 amide bonds. The van der Waals surface area contributed by atoms with Crippen molar-refractivity contribution in [3.05, 3.63) is 43.2 Å². The van der Waals surface area contributed by atoms with Crippen molar-refractivity contribution < 1.29 is 0 Å². The van der Waals surface area contributed by atoms with Crippen LogP contribution in [0.25, 0.3) is 0 Å². The molecule has 2 N–H and O–H groups in total. The Labute approximate surface area is 96.1 Å². The van der Waals surface area contributed by atoms with Gasteiger partial charge in [-0.1, -0.05) is 11.6 Å². The predicted molar refractivity (Wildman–Crippen MR) is 64.4 cm³/mol. The summed E-state index contributed by atoms with van der Waals surface area (Å²) in [5.74, 6) is 0. The van der Waals surface area contributed by atoms with E-state index in [1.807, 2.05) is 12.1 Å². The third kappa shape index (κ3) is 2.01. The van der Waals surface area contributed by atoms with Gasteiger partial charge in [0.05, 0.1) is 10.4 Å². The summed E-state index contributed by atoms with van der Waals surface area (Å²) < 4.78 is 0.795. The van der Waals surface area contributed by atoms with E-state index in [0.717, 1.165) is 9.21 Å². The van der Waals surface area contributed by atoms with Crippen LogP contribution in [0.2, 0.25) is 4.34 Å². The minimum absolute atomic E-state index is 0.0220. The van der Waals surface area contributed by atoms with Crippen molar-refractivity contribution in [3.63, 3.8) is 0 Å². The van der Waals surface area contributed by atoms with Crippen molar-refractivity contribution in [3.8, 4) is 0 Å². The van der Waals surface area contributed by atoms with Crippen molar-refractivity contribution in [2.75, 3.05) is 0 Å². The highest BCUT2D eigenvalue weighted by molar-refractivity contribution is 7.16. The van der Waals surface area contributed by atoms with Crippen molar-refractivity contribution in [2.45, 2.75) is 13.0 Å². The Balaban J connectivity index is 2.28. The van der Waals surface area contributed by atoms with Gasteiger partial charge in [-0.2, -0.15) is 0 Å². The first kappa shape index (κ1) is 10.2. The molecule has 1 atom stereocenters. The standard InChI is InChI=1S/C10H10ClNS2/c1-6-2-3-7(13-6)10(12)8-4-5-9(11)14-8/h2-5,10H,12H2,1H3. The Morgan fingerprint density at radius 1 is 1.14 bits per heavy atom. The van der Waals surface area contributed by atoms with Gasteiger partial charge in [0.2, 0.25) is 0 Å². The molecule has 0 radical (unpaired) electrons. The fraction of sp³-hybridized carbons (Fsp3) is 0.200. The maximum absolute atomic E-state index is 6.11. The summed E-state index contributed by atoms with van der Waals surface area (Å²) in [5, 5.41) is 0. The molecule has 74 valence electrons. The lowest BCUT2D eigenvalue weighted by atomic mass is 10.2. The molecule has 4 heteroatoms. The minimum atomic E-state index is -0.0220. The van der Waals surface area contributed by atoms with Gasteiger partial charge in [0.25, 0.3) is 0 Å². The highest BCUT2D eigenvalue weighted by atomic mass is 35.5. The average Bonchev–Trinajstić information content (AvgIpc) is 2.73. The summed E-state index contributed by atoms with van der Waals surface area (Å²) in [5.41, 5.74) is 6.11. The van der Waals surface area contributed by atoms with E-state index < -0.39 is 0 Å². The molecule has 0 bridgehead atoms. The average molecular weight is 244 g/mol. The molecule has 2 aromatic heterocycles. The third-order valence-electron chi connectivity index (χ3n) is 1.97. The Morgan fingerprint density at radius 3 is 2.29 bits per heavy atom. The number of nitrogens with two attached hydrogens (primary N) is 1. The van der Waals surface area contributed by atoms with Crippen LogP contribution in [0.15, 0.2) is 24.3 Å². The van der Waals surface area contributed by atoms with Crippen LogP contribution < -0.4 is 5.73 Å². The Morgan fingerprint density at radius 2 is 1.79 bits per heavy atom. The molecule has 2 aromatic rings. The number of halogens is 1. The number of hydrogen-bond acceptors (Lipinski definition) is 3. The van der Waals surface area contributed by atoms with Crippen LogP contribution in [0, 0.1) is 6.92 Å². The molecule has 0 aliphatic heterocycles. The van der Waals surface area contributed by atoms with E-state index in [2.05, 4.69) is 19.1 Å². The van der Waals surface area contributed by atoms with Crippen LogP contribution in [0.3, 0.4) is 0 Å². The first-order valence-electron chi connectivity index (χ1n) is 4.24. The molecule has 0 fully saturated rings. The molecular weight excluding hydrogens is 234 g/mol. The van der Waals surface area contributed by atoms with Crippen LogP contribution in [0.1, 0.15) is 20.7 Å². The van der Waals surface area contributed by atoms with E-state index >= 15 is 0 Å².